The molecule has 1 aromatic carbocycles. The number of morpholine rings is 1. The van der Waals surface area contributed by atoms with Crippen molar-refractivity contribution in [2.45, 2.75) is 19.5 Å². The van der Waals surface area contributed by atoms with Crippen molar-refractivity contribution in [3.05, 3.63) is 23.8 Å². The van der Waals surface area contributed by atoms with E-state index in [1.165, 1.54) is 6.07 Å². The second-order valence-corrected chi connectivity index (χ2v) is 4.25. The molecular weight excluding hydrogens is 226 g/mol. The summed E-state index contributed by atoms with van der Waals surface area (Å²) in [6.45, 7) is 3.76. The van der Waals surface area contributed by atoms with E-state index in [0.29, 0.717) is 31.1 Å². The van der Waals surface area contributed by atoms with Crippen molar-refractivity contribution in [3.8, 4) is 0 Å². The van der Waals surface area contributed by atoms with Crippen LogP contribution in [0.2, 0.25) is 0 Å². The zero-order valence-corrected chi connectivity index (χ0v) is 9.70. The van der Waals surface area contributed by atoms with E-state index in [-0.39, 0.29) is 11.7 Å². The Kier molecular flexibility index (Phi) is 3.47. The van der Waals surface area contributed by atoms with Crippen molar-refractivity contribution in [2.24, 2.45) is 0 Å². The average molecular weight is 242 g/mol. The average Bonchev–Trinajstić information content (AvgIpc) is 2.28. The van der Waals surface area contributed by atoms with Gasteiger partial charge in [-0.05, 0) is 25.1 Å². The van der Waals surface area contributed by atoms with Crippen molar-refractivity contribution in [2.75, 3.05) is 30.3 Å². The maximum Gasteiger partial charge on any atom is 0.265 e. The first-order valence-electron chi connectivity index (χ1n) is 5.62. The van der Waals surface area contributed by atoms with Crippen molar-refractivity contribution in [1.82, 2.24) is 0 Å². The summed E-state index contributed by atoms with van der Waals surface area (Å²) < 4.78 is 31.3. The molecule has 0 aromatic heterocycles. The fourth-order valence-corrected chi connectivity index (χ4v) is 2.07. The van der Waals surface area contributed by atoms with Gasteiger partial charge in [-0.25, -0.2) is 8.78 Å². The molecule has 1 aliphatic heterocycles. The van der Waals surface area contributed by atoms with Gasteiger partial charge in [0, 0.05) is 30.0 Å². The van der Waals surface area contributed by atoms with Crippen molar-refractivity contribution in [1.29, 1.82) is 0 Å². The highest BCUT2D eigenvalue weighted by Crippen LogP contribution is 2.32. The molecule has 0 amide bonds. The van der Waals surface area contributed by atoms with E-state index in [1.807, 2.05) is 11.8 Å². The SMILES string of the molecule is CC1CN(c2ccc(N)cc2C(F)F)CCO1. The van der Waals surface area contributed by atoms with Crippen LogP contribution in [0.4, 0.5) is 20.2 Å². The van der Waals surface area contributed by atoms with Crippen molar-refractivity contribution < 1.29 is 13.5 Å². The van der Waals surface area contributed by atoms with Gasteiger partial charge in [-0.1, -0.05) is 0 Å². The van der Waals surface area contributed by atoms with Crippen molar-refractivity contribution in [3.63, 3.8) is 0 Å². The summed E-state index contributed by atoms with van der Waals surface area (Å²) in [7, 11) is 0. The Labute approximate surface area is 99.2 Å². The Morgan fingerprint density at radius 3 is 2.88 bits per heavy atom. The summed E-state index contributed by atoms with van der Waals surface area (Å²) in [5, 5.41) is 0. The molecule has 1 aromatic rings. The topological polar surface area (TPSA) is 38.5 Å². The summed E-state index contributed by atoms with van der Waals surface area (Å²) in [6.07, 6.45) is -2.45. The van der Waals surface area contributed by atoms with Gasteiger partial charge in [0.2, 0.25) is 0 Å². The molecule has 1 aliphatic rings. The van der Waals surface area contributed by atoms with Gasteiger partial charge in [-0.2, -0.15) is 0 Å². The molecule has 17 heavy (non-hydrogen) atoms. The minimum absolute atomic E-state index is 0.000833. The van der Waals surface area contributed by atoms with Gasteiger partial charge < -0.3 is 15.4 Å². The highest BCUT2D eigenvalue weighted by molar-refractivity contribution is 5.60. The molecule has 1 fully saturated rings. The molecule has 2 rings (SSSR count). The number of nitrogens with zero attached hydrogens (tertiary/aromatic N) is 1. The van der Waals surface area contributed by atoms with Gasteiger partial charge in [0.05, 0.1) is 12.7 Å². The molecule has 3 nitrogen and oxygen atoms in total. The molecular formula is C12H16F2N2O. The second kappa shape index (κ2) is 4.87. The number of ether oxygens (including phenoxy) is 1. The Morgan fingerprint density at radius 1 is 1.47 bits per heavy atom. The molecule has 1 saturated heterocycles. The summed E-state index contributed by atoms with van der Waals surface area (Å²) in [6, 6.07) is 4.66. The molecule has 0 saturated carbocycles. The highest BCUT2D eigenvalue weighted by atomic mass is 19.3. The van der Waals surface area contributed by atoms with E-state index in [9.17, 15) is 8.78 Å². The number of nitrogens with two attached hydrogens (primary N) is 1. The molecule has 5 heteroatoms. The molecule has 94 valence electrons. The van der Waals surface area contributed by atoms with Gasteiger partial charge in [0.1, 0.15) is 0 Å². The lowest BCUT2D eigenvalue weighted by Crippen LogP contribution is -2.41. The largest absolute Gasteiger partial charge is 0.399 e. The van der Waals surface area contributed by atoms with Crippen LogP contribution in [0.1, 0.15) is 18.9 Å². The number of rotatable bonds is 2. The van der Waals surface area contributed by atoms with Crippen LogP contribution >= 0.6 is 0 Å². The fourth-order valence-electron chi connectivity index (χ4n) is 2.07. The second-order valence-electron chi connectivity index (χ2n) is 4.25. The zero-order chi connectivity index (χ0) is 12.4. The third kappa shape index (κ3) is 2.66. The Balaban J connectivity index is 2.30. The number of benzene rings is 1. The minimum atomic E-state index is -2.51. The van der Waals surface area contributed by atoms with Crippen LogP contribution in [0.5, 0.6) is 0 Å². The first kappa shape index (κ1) is 12.1. The molecule has 0 bridgehead atoms. The minimum Gasteiger partial charge on any atom is -0.399 e. The van der Waals surface area contributed by atoms with E-state index in [0.717, 1.165) is 0 Å². The third-order valence-electron chi connectivity index (χ3n) is 2.87. The molecule has 1 unspecified atom stereocenters. The number of halogens is 2. The van der Waals surface area contributed by atoms with Crippen LogP contribution in [0.3, 0.4) is 0 Å². The fraction of sp³-hybridized carbons (Fsp3) is 0.500. The number of anilines is 2. The van der Waals surface area contributed by atoms with Gasteiger partial charge in [0.15, 0.2) is 0 Å². The first-order valence-corrected chi connectivity index (χ1v) is 5.62. The van der Waals surface area contributed by atoms with Gasteiger partial charge in [-0.15, -0.1) is 0 Å². The zero-order valence-electron chi connectivity index (χ0n) is 9.70. The van der Waals surface area contributed by atoms with Crippen LogP contribution < -0.4 is 10.6 Å². The summed E-state index contributed by atoms with van der Waals surface area (Å²) in [4.78, 5) is 1.93. The number of hydrogen-bond acceptors (Lipinski definition) is 3. The van der Waals surface area contributed by atoms with Crippen LogP contribution in [-0.4, -0.2) is 25.8 Å². The van der Waals surface area contributed by atoms with Gasteiger partial charge in [0.25, 0.3) is 6.43 Å². The van der Waals surface area contributed by atoms with E-state index < -0.39 is 6.43 Å². The quantitative estimate of drug-likeness (QED) is 0.809. The Bertz CT molecular complexity index is 398. The van der Waals surface area contributed by atoms with E-state index in [4.69, 9.17) is 10.5 Å². The lowest BCUT2D eigenvalue weighted by atomic mass is 10.1. The lowest BCUT2D eigenvalue weighted by Gasteiger charge is -2.34. The summed E-state index contributed by atoms with van der Waals surface area (Å²) in [5.74, 6) is 0. The molecule has 0 spiro atoms. The predicted molar refractivity (Wildman–Crippen MR) is 63.4 cm³/mol. The maximum atomic E-state index is 12.9. The molecule has 2 N–H and O–H groups in total. The number of nitrogen functional groups attached to an aromatic ring is 1. The number of hydrogen-bond donors (Lipinski definition) is 1. The monoisotopic (exact) mass is 242 g/mol. The molecule has 0 radical (unpaired) electrons. The Morgan fingerprint density at radius 2 is 2.24 bits per heavy atom. The first-order chi connectivity index (χ1) is 8.08. The number of alkyl halides is 2. The van der Waals surface area contributed by atoms with E-state index >= 15 is 0 Å². The molecule has 0 aliphatic carbocycles. The van der Waals surface area contributed by atoms with Crippen LogP contribution in [0, 0.1) is 0 Å². The van der Waals surface area contributed by atoms with Gasteiger partial charge >= 0.3 is 0 Å². The predicted octanol–water partition coefficient (Wildman–Crippen LogP) is 2.43. The van der Waals surface area contributed by atoms with Gasteiger partial charge in [-0.3, -0.25) is 0 Å². The smallest absolute Gasteiger partial charge is 0.265 e. The normalized spacial score (nSPS) is 20.9. The summed E-state index contributed by atoms with van der Waals surface area (Å²) >= 11 is 0. The third-order valence-corrected chi connectivity index (χ3v) is 2.87. The van der Waals surface area contributed by atoms with Crippen LogP contribution in [0.25, 0.3) is 0 Å². The van der Waals surface area contributed by atoms with Crippen LogP contribution in [-0.2, 0) is 4.74 Å². The van der Waals surface area contributed by atoms with E-state index in [1.54, 1.807) is 12.1 Å². The maximum absolute atomic E-state index is 12.9. The summed E-state index contributed by atoms with van der Waals surface area (Å²) in [5.41, 5.74) is 6.47. The standard InChI is InChI=1S/C12H16F2N2O/c1-8-7-16(4-5-17-8)11-3-2-9(15)6-10(11)12(13)14/h2-3,6,8,12H,4-5,7,15H2,1H3. The highest BCUT2D eigenvalue weighted by Gasteiger charge is 2.22. The lowest BCUT2D eigenvalue weighted by molar-refractivity contribution is 0.0528. The Hall–Kier alpha value is -1.36. The molecule has 1 heterocycles. The van der Waals surface area contributed by atoms with Crippen molar-refractivity contribution >= 4 is 11.4 Å². The van der Waals surface area contributed by atoms with Crippen LogP contribution in [0.15, 0.2) is 18.2 Å². The molecule has 1 atom stereocenters. The van der Waals surface area contributed by atoms with E-state index in [2.05, 4.69) is 0 Å².